The van der Waals surface area contributed by atoms with Gasteiger partial charge >= 0.3 is 0 Å². The van der Waals surface area contributed by atoms with Crippen molar-refractivity contribution in [1.29, 1.82) is 0 Å². The molecule has 0 aliphatic heterocycles. The molecule has 0 saturated heterocycles. The van der Waals surface area contributed by atoms with Crippen LogP contribution in [0.25, 0.3) is 0 Å². The van der Waals surface area contributed by atoms with Crippen LogP contribution < -0.4 is 10.5 Å². The summed E-state index contributed by atoms with van der Waals surface area (Å²) in [5.41, 5.74) is 7.43. The third-order valence-corrected chi connectivity index (χ3v) is 3.30. The molecule has 2 aromatic rings. The molecule has 2 N–H and O–H groups in total. The Bertz CT molecular complexity index is 611. The highest BCUT2D eigenvalue weighted by atomic mass is 79.9. The summed E-state index contributed by atoms with van der Waals surface area (Å²) >= 11 is 3.40. The van der Waals surface area contributed by atoms with Gasteiger partial charge in [0.15, 0.2) is 5.78 Å². The molecule has 0 radical (unpaired) electrons. The van der Waals surface area contributed by atoms with Crippen molar-refractivity contribution in [3.05, 3.63) is 58.1 Å². The molecule has 0 fully saturated rings. The Hall–Kier alpha value is -1.81. The minimum Gasteiger partial charge on any atom is -0.494 e. The number of benzene rings is 2. The second kappa shape index (κ2) is 5.89. The maximum atomic E-state index is 12.4. The van der Waals surface area contributed by atoms with Gasteiger partial charge in [-0.15, -0.1) is 0 Å². The SMILES string of the molecule is CCOc1ccc(C(=O)c2cccc(N)c2)c(Br)c1. The van der Waals surface area contributed by atoms with Crippen LogP contribution in [0.3, 0.4) is 0 Å². The van der Waals surface area contributed by atoms with Crippen molar-refractivity contribution in [3.8, 4) is 5.75 Å². The molecule has 4 heteroatoms. The second-order valence-electron chi connectivity index (χ2n) is 4.03. The van der Waals surface area contributed by atoms with Gasteiger partial charge in [-0.05, 0) is 53.2 Å². The van der Waals surface area contributed by atoms with Gasteiger partial charge in [0.25, 0.3) is 0 Å². The van der Waals surface area contributed by atoms with Gasteiger partial charge in [0.2, 0.25) is 0 Å². The van der Waals surface area contributed by atoms with Crippen LogP contribution in [-0.2, 0) is 0 Å². The number of nitrogen functional groups attached to an aromatic ring is 1. The predicted octanol–water partition coefficient (Wildman–Crippen LogP) is 3.66. The Morgan fingerprint density at radius 1 is 1.26 bits per heavy atom. The van der Waals surface area contributed by atoms with Crippen molar-refractivity contribution in [1.82, 2.24) is 0 Å². The number of halogens is 1. The lowest BCUT2D eigenvalue weighted by molar-refractivity contribution is 0.103. The van der Waals surface area contributed by atoms with Crippen molar-refractivity contribution in [2.45, 2.75) is 6.92 Å². The van der Waals surface area contributed by atoms with Gasteiger partial charge in [0, 0.05) is 21.3 Å². The molecule has 0 aromatic heterocycles. The van der Waals surface area contributed by atoms with Gasteiger partial charge in [-0.3, -0.25) is 4.79 Å². The maximum Gasteiger partial charge on any atom is 0.194 e. The summed E-state index contributed by atoms with van der Waals surface area (Å²) in [4.78, 5) is 12.4. The van der Waals surface area contributed by atoms with E-state index in [1.807, 2.05) is 6.92 Å². The quantitative estimate of drug-likeness (QED) is 0.691. The van der Waals surface area contributed by atoms with Gasteiger partial charge in [-0.2, -0.15) is 0 Å². The van der Waals surface area contributed by atoms with Crippen molar-refractivity contribution < 1.29 is 9.53 Å². The summed E-state index contributed by atoms with van der Waals surface area (Å²) < 4.78 is 6.10. The van der Waals surface area contributed by atoms with Crippen molar-refractivity contribution in [2.24, 2.45) is 0 Å². The highest BCUT2D eigenvalue weighted by Gasteiger charge is 2.13. The third kappa shape index (κ3) is 3.15. The molecule has 0 aliphatic carbocycles. The Labute approximate surface area is 120 Å². The first-order valence-corrected chi connectivity index (χ1v) is 6.73. The first-order valence-electron chi connectivity index (χ1n) is 5.94. The van der Waals surface area contributed by atoms with Gasteiger partial charge in [-0.1, -0.05) is 12.1 Å². The largest absolute Gasteiger partial charge is 0.494 e. The van der Waals surface area contributed by atoms with Gasteiger partial charge in [0.05, 0.1) is 6.61 Å². The van der Waals surface area contributed by atoms with E-state index in [0.29, 0.717) is 27.9 Å². The number of rotatable bonds is 4. The van der Waals surface area contributed by atoms with E-state index in [-0.39, 0.29) is 5.78 Å². The molecule has 0 saturated carbocycles. The summed E-state index contributed by atoms with van der Waals surface area (Å²) in [6, 6.07) is 12.3. The summed E-state index contributed by atoms with van der Waals surface area (Å²) in [5.74, 6) is 0.667. The lowest BCUT2D eigenvalue weighted by Gasteiger charge is -2.08. The van der Waals surface area contributed by atoms with Crippen LogP contribution in [0.4, 0.5) is 5.69 Å². The number of anilines is 1. The number of hydrogen-bond acceptors (Lipinski definition) is 3. The minimum absolute atomic E-state index is 0.0674. The third-order valence-electron chi connectivity index (χ3n) is 2.64. The van der Waals surface area contributed by atoms with Gasteiger partial charge in [-0.25, -0.2) is 0 Å². The first kappa shape index (κ1) is 13.6. The summed E-state index contributed by atoms with van der Waals surface area (Å²) in [7, 11) is 0. The van der Waals surface area contributed by atoms with Gasteiger partial charge < -0.3 is 10.5 Å². The topological polar surface area (TPSA) is 52.3 Å². The zero-order chi connectivity index (χ0) is 13.8. The van der Waals surface area contributed by atoms with Crippen LogP contribution in [0.15, 0.2) is 46.9 Å². The van der Waals surface area contributed by atoms with Crippen LogP contribution in [0.2, 0.25) is 0 Å². The van der Waals surface area contributed by atoms with E-state index in [2.05, 4.69) is 15.9 Å². The Kier molecular flexibility index (Phi) is 4.22. The highest BCUT2D eigenvalue weighted by molar-refractivity contribution is 9.10. The first-order chi connectivity index (χ1) is 9.11. The number of carbonyl (C=O) groups is 1. The fourth-order valence-corrected chi connectivity index (χ4v) is 2.31. The Morgan fingerprint density at radius 2 is 2.05 bits per heavy atom. The van der Waals surface area contributed by atoms with E-state index in [4.69, 9.17) is 10.5 Å². The monoisotopic (exact) mass is 319 g/mol. The van der Waals surface area contributed by atoms with Crippen LogP contribution in [-0.4, -0.2) is 12.4 Å². The molecule has 0 atom stereocenters. The van der Waals surface area contributed by atoms with Crippen molar-refractivity contribution >= 4 is 27.4 Å². The highest BCUT2D eigenvalue weighted by Crippen LogP contribution is 2.25. The molecular formula is C15H14BrNO2. The molecular weight excluding hydrogens is 306 g/mol. The molecule has 0 spiro atoms. The fourth-order valence-electron chi connectivity index (χ4n) is 1.77. The van der Waals surface area contributed by atoms with Gasteiger partial charge in [0.1, 0.15) is 5.75 Å². The normalized spacial score (nSPS) is 10.2. The summed E-state index contributed by atoms with van der Waals surface area (Å²) in [5, 5.41) is 0. The molecule has 0 amide bonds. The minimum atomic E-state index is -0.0674. The second-order valence-corrected chi connectivity index (χ2v) is 4.88. The molecule has 98 valence electrons. The zero-order valence-electron chi connectivity index (χ0n) is 10.5. The number of ether oxygens (including phenoxy) is 1. The number of carbonyl (C=O) groups excluding carboxylic acids is 1. The van der Waals surface area contributed by atoms with E-state index in [0.717, 1.165) is 5.75 Å². The maximum absolute atomic E-state index is 12.4. The molecule has 0 heterocycles. The smallest absolute Gasteiger partial charge is 0.194 e. The Morgan fingerprint density at radius 3 is 2.68 bits per heavy atom. The van der Waals surface area contributed by atoms with Crippen molar-refractivity contribution in [3.63, 3.8) is 0 Å². The van der Waals surface area contributed by atoms with E-state index in [9.17, 15) is 4.79 Å². The van der Waals surface area contributed by atoms with Crippen LogP contribution in [0.1, 0.15) is 22.8 Å². The molecule has 2 aromatic carbocycles. The molecule has 0 aliphatic rings. The van der Waals surface area contributed by atoms with E-state index in [1.54, 1.807) is 42.5 Å². The van der Waals surface area contributed by atoms with E-state index in [1.165, 1.54) is 0 Å². The summed E-state index contributed by atoms with van der Waals surface area (Å²) in [6.45, 7) is 2.51. The molecule has 3 nitrogen and oxygen atoms in total. The number of nitrogens with two attached hydrogens (primary N) is 1. The number of hydrogen-bond donors (Lipinski definition) is 1. The molecule has 0 unspecified atom stereocenters. The van der Waals surface area contributed by atoms with Crippen molar-refractivity contribution in [2.75, 3.05) is 12.3 Å². The summed E-state index contributed by atoms with van der Waals surface area (Å²) in [6.07, 6.45) is 0. The average Bonchev–Trinajstić information content (AvgIpc) is 2.38. The average molecular weight is 320 g/mol. The molecule has 0 bridgehead atoms. The van der Waals surface area contributed by atoms with Crippen LogP contribution >= 0.6 is 15.9 Å². The fraction of sp³-hybridized carbons (Fsp3) is 0.133. The standard InChI is InChI=1S/C15H14BrNO2/c1-2-19-12-6-7-13(14(16)9-12)15(18)10-4-3-5-11(17)8-10/h3-9H,2,17H2,1H3. The lowest BCUT2D eigenvalue weighted by atomic mass is 10.0. The number of ketones is 1. The van der Waals surface area contributed by atoms with Crippen LogP contribution in [0, 0.1) is 0 Å². The van der Waals surface area contributed by atoms with E-state index < -0.39 is 0 Å². The zero-order valence-corrected chi connectivity index (χ0v) is 12.1. The Balaban J connectivity index is 2.34. The lowest BCUT2D eigenvalue weighted by Crippen LogP contribution is -2.03. The van der Waals surface area contributed by atoms with Crippen LogP contribution in [0.5, 0.6) is 5.75 Å². The predicted molar refractivity (Wildman–Crippen MR) is 79.6 cm³/mol. The molecule has 19 heavy (non-hydrogen) atoms. The molecule has 2 rings (SSSR count). The van der Waals surface area contributed by atoms with E-state index >= 15 is 0 Å².